The van der Waals surface area contributed by atoms with Crippen LogP contribution in [-0.2, 0) is 13.1 Å². The molecule has 0 saturated carbocycles. The van der Waals surface area contributed by atoms with Gasteiger partial charge in [-0.2, -0.15) is 0 Å². The third-order valence-electron chi connectivity index (χ3n) is 4.41. The number of aromatic nitrogens is 4. The van der Waals surface area contributed by atoms with Crippen LogP contribution in [-0.4, -0.2) is 69.0 Å². The van der Waals surface area contributed by atoms with Gasteiger partial charge >= 0.3 is 0 Å². The molecule has 8 nitrogen and oxygen atoms in total. The van der Waals surface area contributed by atoms with Crippen molar-refractivity contribution in [3.8, 4) is 5.75 Å². The molecule has 3 rings (SSSR count). The van der Waals surface area contributed by atoms with Crippen LogP contribution in [0.25, 0.3) is 0 Å². The van der Waals surface area contributed by atoms with E-state index in [1.807, 2.05) is 45.0 Å². The highest BCUT2D eigenvalue weighted by molar-refractivity contribution is 5.93. The molecule has 0 N–H and O–H groups in total. The van der Waals surface area contributed by atoms with Crippen molar-refractivity contribution in [2.24, 2.45) is 0 Å². The number of nitrogens with zero attached hydrogens (tertiary/aromatic N) is 6. The number of carbonyl (C=O) groups excluding carboxylic acids is 1. The minimum Gasteiger partial charge on any atom is -0.488 e. The molecule has 1 amide bonds. The molecular weight excluding hydrogens is 332 g/mol. The van der Waals surface area contributed by atoms with E-state index in [2.05, 4.69) is 20.2 Å². The van der Waals surface area contributed by atoms with Crippen LogP contribution in [0, 0.1) is 6.92 Å². The first-order chi connectivity index (χ1) is 12.5. The molecule has 140 valence electrons. The first-order valence-corrected chi connectivity index (χ1v) is 8.93. The lowest BCUT2D eigenvalue weighted by atomic mass is 10.3. The SMILES string of the molecule is CCn1nnc(C)c1C(=O)N1CCC(Oc2ccnc(CN(C)C)c2)C1. The lowest BCUT2D eigenvalue weighted by Crippen LogP contribution is -2.33. The molecule has 2 aromatic rings. The fraction of sp³-hybridized carbons (Fsp3) is 0.556. The van der Waals surface area contributed by atoms with Crippen molar-refractivity contribution < 1.29 is 9.53 Å². The predicted octanol–water partition coefficient (Wildman–Crippen LogP) is 1.36. The average molecular weight is 358 g/mol. The number of likely N-dealkylation sites (tertiary alicyclic amines) is 1. The zero-order chi connectivity index (χ0) is 18.7. The summed E-state index contributed by atoms with van der Waals surface area (Å²) in [5.74, 6) is 0.774. The summed E-state index contributed by atoms with van der Waals surface area (Å²) in [5, 5.41) is 8.05. The zero-order valence-electron chi connectivity index (χ0n) is 15.8. The summed E-state index contributed by atoms with van der Waals surface area (Å²) in [6, 6.07) is 3.83. The number of carbonyl (C=O) groups is 1. The summed E-state index contributed by atoms with van der Waals surface area (Å²) in [6.07, 6.45) is 2.56. The van der Waals surface area contributed by atoms with Crippen LogP contribution in [0.4, 0.5) is 0 Å². The van der Waals surface area contributed by atoms with Gasteiger partial charge in [-0.1, -0.05) is 5.21 Å². The molecule has 1 atom stereocenters. The van der Waals surface area contributed by atoms with Gasteiger partial charge in [0.15, 0.2) is 0 Å². The average Bonchev–Trinajstić information content (AvgIpc) is 3.20. The molecular formula is C18H26N6O2. The van der Waals surface area contributed by atoms with Crippen LogP contribution < -0.4 is 4.74 Å². The highest BCUT2D eigenvalue weighted by atomic mass is 16.5. The maximum Gasteiger partial charge on any atom is 0.274 e. The second kappa shape index (κ2) is 7.82. The van der Waals surface area contributed by atoms with E-state index in [9.17, 15) is 4.79 Å². The van der Waals surface area contributed by atoms with Crippen molar-refractivity contribution in [2.75, 3.05) is 27.2 Å². The Labute approximate surface area is 153 Å². The third-order valence-corrected chi connectivity index (χ3v) is 4.41. The Bertz CT molecular complexity index is 773. The number of pyridine rings is 1. The number of aryl methyl sites for hydroxylation is 2. The Morgan fingerprint density at radius 3 is 2.96 bits per heavy atom. The lowest BCUT2D eigenvalue weighted by molar-refractivity contribution is 0.0759. The molecule has 3 heterocycles. The molecule has 2 aromatic heterocycles. The van der Waals surface area contributed by atoms with Crippen LogP contribution in [0.1, 0.15) is 35.2 Å². The minimum absolute atomic E-state index is 0.0141. The number of rotatable bonds is 6. The third kappa shape index (κ3) is 4.01. The molecule has 0 aliphatic carbocycles. The smallest absolute Gasteiger partial charge is 0.274 e. The summed E-state index contributed by atoms with van der Waals surface area (Å²) in [4.78, 5) is 21.1. The maximum atomic E-state index is 12.8. The summed E-state index contributed by atoms with van der Waals surface area (Å²) in [7, 11) is 4.01. The summed E-state index contributed by atoms with van der Waals surface area (Å²) < 4.78 is 7.75. The van der Waals surface area contributed by atoms with Gasteiger partial charge < -0.3 is 14.5 Å². The molecule has 1 unspecified atom stereocenters. The Morgan fingerprint density at radius 2 is 2.23 bits per heavy atom. The van der Waals surface area contributed by atoms with Crippen LogP contribution in [0.3, 0.4) is 0 Å². The van der Waals surface area contributed by atoms with Crippen molar-refractivity contribution in [3.63, 3.8) is 0 Å². The van der Waals surface area contributed by atoms with E-state index in [1.165, 1.54) is 0 Å². The maximum absolute atomic E-state index is 12.8. The first kappa shape index (κ1) is 18.3. The summed E-state index contributed by atoms with van der Waals surface area (Å²) in [6.45, 7) is 6.41. The fourth-order valence-electron chi connectivity index (χ4n) is 3.18. The van der Waals surface area contributed by atoms with Gasteiger partial charge in [0.2, 0.25) is 0 Å². The van der Waals surface area contributed by atoms with Gasteiger partial charge in [0.25, 0.3) is 5.91 Å². The van der Waals surface area contributed by atoms with E-state index in [-0.39, 0.29) is 12.0 Å². The summed E-state index contributed by atoms with van der Waals surface area (Å²) >= 11 is 0. The number of amides is 1. The van der Waals surface area contributed by atoms with E-state index < -0.39 is 0 Å². The van der Waals surface area contributed by atoms with Gasteiger partial charge in [-0.3, -0.25) is 9.78 Å². The van der Waals surface area contributed by atoms with Gasteiger partial charge in [-0.25, -0.2) is 4.68 Å². The fourth-order valence-corrected chi connectivity index (χ4v) is 3.18. The number of hydrogen-bond donors (Lipinski definition) is 0. The summed E-state index contributed by atoms with van der Waals surface area (Å²) in [5.41, 5.74) is 2.21. The van der Waals surface area contributed by atoms with E-state index in [1.54, 1.807) is 10.9 Å². The molecule has 1 fully saturated rings. The van der Waals surface area contributed by atoms with Gasteiger partial charge in [0.1, 0.15) is 17.5 Å². The number of ether oxygens (including phenoxy) is 1. The molecule has 0 radical (unpaired) electrons. The van der Waals surface area contributed by atoms with Crippen molar-refractivity contribution >= 4 is 5.91 Å². The molecule has 0 spiro atoms. The van der Waals surface area contributed by atoms with Crippen LogP contribution in [0.5, 0.6) is 5.75 Å². The quantitative estimate of drug-likeness (QED) is 0.776. The highest BCUT2D eigenvalue weighted by Gasteiger charge is 2.31. The van der Waals surface area contributed by atoms with E-state index in [0.29, 0.717) is 31.0 Å². The van der Waals surface area contributed by atoms with Crippen molar-refractivity contribution in [3.05, 3.63) is 35.4 Å². The van der Waals surface area contributed by atoms with Gasteiger partial charge in [0.05, 0.1) is 17.9 Å². The Balaban J connectivity index is 1.64. The Morgan fingerprint density at radius 1 is 1.42 bits per heavy atom. The topological polar surface area (TPSA) is 76.4 Å². The van der Waals surface area contributed by atoms with E-state index in [0.717, 1.165) is 24.4 Å². The molecule has 0 bridgehead atoms. The molecule has 0 aromatic carbocycles. The van der Waals surface area contributed by atoms with Gasteiger partial charge in [0, 0.05) is 38.3 Å². The molecule has 1 aliphatic rings. The largest absolute Gasteiger partial charge is 0.488 e. The molecule has 8 heteroatoms. The Hall–Kier alpha value is -2.48. The molecule has 26 heavy (non-hydrogen) atoms. The second-order valence-electron chi connectivity index (χ2n) is 6.84. The Kier molecular flexibility index (Phi) is 5.51. The van der Waals surface area contributed by atoms with Crippen LogP contribution in [0.15, 0.2) is 18.3 Å². The number of hydrogen-bond acceptors (Lipinski definition) is 6. The van der Waals surface area contributed by atoms with Gasteiger partial charge in [-0.05, 0) is 34.0 Å². The van der Waals surface area contributed by atoms with Crippen LogP contribution in [0.2, 0.25) is 0 Å². The van der Waals surface area contributed by atoms with E-state index in [4.69, 9.17) is 4.74 Å². The monoisotopic (exact) mass is 358 g/mol. The minimum atomic E-state index is -0.0246. The van der Waals surface area contributed by atoms with Crippen molar-refractivity contribution in [1.82, 2.24) is 29.8 Å². The van der Waals surface area contributed by atoms with E-state index >= 15 is 0 Å². The highest BCUT2D eigenvalue weighted by Crippen LogP contribution is 2.21. The van der Waals surface area contributed by atoms with Crippen molar-refractivity contribution in [1.29, 1.82) is 0 Å². The normalized spacial score (nSPS) is 17.1. The first-order valence-electron chi connectivity index (χ1n) is 8.93. The lowest BCUT2D eigenvalue weighted by Gasteiger charge is -2.18. The van der Waals surface area contributed by atoms with Gasteiger partial charge in [-0.15, -0.1) is 5.10 Å². The molecule has 1 aliphatic heterocycles. The van der Waals surface area contributed by atoms with Crippen LogP contribution >= 0.6 is 0 Å². The standard InChI is InChI=1S/C18H26N6O2/c1-5-24-17(13(2)20-21-24)18(25)23-9-7-16(12-23)26-15-6-8-19-14(10-15)11-22(3)4/h6,8,10,16H,5,7,9,11-12H2,1-4H3. The second-order valence-corrected chi connectivity index (χ2v) is 6.84. The molecule has 1 saturated heterocycles. The zero-order valence-corrected chi connectivity index (χ0v) is 15.8. The predicted molar refractivity (Wildman–Crippen MR) is 97.0 cm³/mol. The van der Waals surface area contributed by atoms with Crippen molar-refractivity contribution in [2.45, 2.75) is 39.5 Å².